The van der Waals surface area contributed by atoms with E-state index < -0.39 is 24.2 Å². The van der Waals surface area contributed by atoms with Crippen molar-refractivity contribution in [2.75, 3.05) is 6.54 Å². The lowest BCUT2D eigenvalue weighted by molar-refractivity contribution is -0.142. The molecule has 3 atom stereocenters. The van der Waals surface area contributed by atoms with Crippen molar-refractivity contribution in [1.29, 1.82) is 0 Å². The molecule has 0 bridgehead atoms. The Balaban J connectivity index is 2.46. The molecule has 0 amide bonds. The number of aliphatic hydroxyl groups is 2. The molecule has 1 fully saturated rings. The van der Waals surface area contributed by atoms with E-state index in [0.717, 1.165) is 0 Å². The average molecular weight is 161 g/mol. The van der Waals surface area contributed by atoms with Crippen molar-refractivity contribution in [3.8, 4) is 0 Å². The maximum Gasteiger partial charge on any atom is 0.320 e. The standard InChI is InChI=1S/C6H11NO4/c8-4-1-3(6(10)11)7-2-5(4)9/h3-5,7-9H,1-2H2,(H,10,11)/t3-,4+,5-/m0/s1. The Morgan fingerprint density at radius 3 is 2.45 bits per heavy atom. The molecular formula is C6H11NO4. The average Bonchev–Trinajstić information content (AvgIpc) is 1.94. The smallest absolute Gasteiger partial charge is 0.320 e. The van der Waals surface area contributed by atoms with Crippen molar-refractivity contribution in [2.24, 2.45) is 0 Å². The van der Waals surface area contributed by atoms with Crippen LogP contribution in [0.5, 0.6) is 0 Å². The predicted molar refractivity (Wildman–Crippen MR) is 36.1 cm³/mol. The first-order chi connectivity index (χ1) is 5.11. The van der Waals surface area contributed by atoms with Crippen molar-refractivity contribution < 1.29 is 20.1 Å². The zero-order valence-corrected chi connectivity index (χ0v) is 5.90. The normalized spacial score (nSPS) is 38.5. The van der Waals surface area contributed by atoms with Crippen LogP contribution < -0.4 is 5.32 Å². The summed E-state index contributed by atoms with van der Waals surface area (Å²) in [6.45, 7) is 0.137. The third-order valence-electron chi connectivity index (χ3n) is 1.79. The molecule has 5 nitrogen and oxygen atoms in total. The number of piperidine rings is 1. The Labute approximate surface area is 63.7 Å². The third-order valence-corrected chi connectivity index (χ3v) is 1.79. The zero-order chi connectivity index (χ0) is 8.43. The number of carboxylic acid groups (broad SMARTS) is 1. The number of carboxylic acids is 1. The van der Waals surface area contributed by atoms with E-state index >= 15 is 0 Å². The summed E-state index contributed by atoms with van der Waals surface area (Å²) >= 11 is 0. The molecule has 1 aliphatic rings. The molecule has 0 aromatic rings. The lowest BCUT2D eigenvalue weighted by Crippen LogP contribution is -2.52. The van der Waals surface area contributed by atoms with Crippen LogP contribution >= 0.6 is 0 Å². The maximum absolute atomic E-state index is 10.4. The van der Waals surface area contributed by atoms with Crippen molar-refractivity contribution in [1.82, 2.24) is 5.32 Å². The van der Waals surface area contributed by atoms with Crippen LogP contribution in [0.1, 0.15) is 6.42 Å². The number of carbonyl (C=O) groups is 1. The molecular weight excluding hydrogens is 150 g/mol. The Hall–Kier alpha value is -0.650. The number of aliphatic carboxylic acids is 1. The predicted octanol–water partition coefficient (Wildman–Crippen LogP) is -1.85. The van der Waals surface area contributed by atoms with E-state index in [-0.39, 0.29) is 13.0 Å². The van der Waals surface area contributed by atoms with Gasteiger partial charge in [-0.3, -0.25) is 4.79 Å². The Morgan fingerprint density at radius 2 is 2.00 bits per heavy atom. The summed E-state index contributed by atoms with van der Waals surface area (Å²) in [4.78, 5) is 10.4. The van der Waals surface area contributed by atoms with Crippen molar-refractivity contribution in [3.05, 3.63) is 0 Å². The highest BCUT2D eigenvalue weighted by Gasteiger charge is 2.30. The lowest BCUT2D eigenvalue weighted by Gasteiger charge is -2.28. The van der Waals surface area contributed by atoms with Gasteiger partial charge in [0.05, 0.1) is 12.2 Å². The van der Waals surface area contributed by atoms with Crippen LogP contribution in [0.15, 0.2) is 0 Å². The number of hydrogen-bond acceptors (Lipinski definition) is 4. The van der Waals surface area contributed by atoms with E-state index in [9.17, 15) is 4.79 Å². The monoisotopic (exact) mass is 161 g/mol. The van der Waals surface area contributed by atoms with Gasteiger partial charge in [-0.05, 0) is 0 Å². The van der Waals surface area contributed by atoms with Crippen molar-refractivity contribution in [2.45, 2.75) is 24.7 Å². The van der Waals surface area contributed by atoms with Crippen molar-refractivity contribution in [3.63, 3.8) is 0 Å². The first kappa shape index (κ1) is 8.45. The van der Waals surface area contributed by atoms with Gasteiger partial charge < -0.3 is 20.6 Å². The van der Waals surface area contributed by atoms with Gasteiger partial charge in [-0.25, -0.2) is 0 Å². The van der Waals surface area contributed by atoms with Gasteiger partial charge in [0, 0.05) is 13.0 Å². The number of β-amino-alcohol motifs (C(OH)–C–C–N with tert-alkyl or cyclic N) is 1. The number of hydrogen-bond donors (Lipinski definition) is 4. The highest BCUT2D eigenvalue weighted by molar-refractivity contribution is 5.73. The van der Waals surface area contributed by atoms with Gasteiger partial charge in [0.1, 0.15) is 6.04 Å². The molecule has 0 aliphatic carbocycles. The van der Waals surface area contributed by atoms with E-state index in [2.05, 4.69) is 5.32 Å². The summed E-state index contributed by atoms with van der Waals surface area (Å²) < 4.78 is 0. The largest absolute Gasteiger partial charge is 0.480 e. The Kier molecular flexibility index (Phi) is 2.43. The molecule has 0 aromatic heterocycles. The van der Waals surface area contributed by atoms with Crippen LogP contribution in [0.4, 0.5) is 0 Å². The summed E-state index contributed by atoms with van der Waals surface area (Å²) in [6, 6.07) is -0.728. The van der Waals surface area contributed by atoms with Crippen LogP contribution in [0.25, 0.3) is 0 Å². The molecule has 0 radical (unpaired) electrons. The molecule has 1 heterocycles. The summed E-state index contributed by atoms with van der Waals surface area (Å²) in [6.07, 6.45) is -1.70. The molecule has 1 rings (SSSR count). The minimum absolute atomic E-state index is 0.0660. The van der Waals surface area contributed by atoms with Gasteiger partial charge in [0.15, 0.2) is 0 Å². The fourth-order valence-corrected chi connectivity index (χ4v) is 1.07. The van der Waals surface area contributed by atoms with E-state index in [1.165, 1.54) is 0 Å². The number of rotatable bonds is 1. The molecule has 0 aromatic carbocycles. The van der Waals surface area contributed by atoms with E-state index in [0.29, 0.717) is 0 Å². The molecule has 0 unspecified atom stereocenters. The minimum Gasteiger partial charge on any atom is -0.480 e. The number of aliphatic hydroxyl groups excluding tert-OH is 2. The highest BCUT2D eigenvalue weighted by Crippen LogP contribution is 2.08. The SMILES string of the molecule is O=C(O)[C@@H]1C[C@@H](O)[C@@H](O)CN1. The highest BCUT2D eigenvalue weighted by atomic mass is 16.4. The van der Waals surface area contributed by atoms with Crippen LogP contribution in [0, 0.1) is 0 Å². The topological polar surface area (TPSA) is 89.8 Å². The maximum atomic E-state index is 10.4. The molecule has 4 N–H and O–H groups in total. The first-order valence-electron chi connectivity index (χ1n) is 3.43. The summed E-state index contributed by atoms with van der Waals surface area (Å²) in [5, 5.41) is 29.1. The molecule has 5 heteroatoms. The quantitative estimate of drug-likeness (QED) is 0.362. The van der Waals surface area contributed by atoms with Crippen LogP contribution in [-0.4, -0.2) is 46.1 Å². The van der Waals surface area contributed by atoms with Crippen LogP contribution in [-0.2, 0) is 4.79 Å². The van der Waals surface area contributed by atoms with Crippen LogP contribution in [0.2, 0.25) is 0 Å². The number of nitrogens with one attached hydrogen (secondary N) is 1. The minimum atomic E-state index is -0.990. The van der Waals surface area contributed by atoms with Gasteiger partial charge >= 0.3 is 5.97 Å². The lowest BCUT2D eigenvalue weighted by atomic mass is 10.00. The van der Waals surface area contributed by atoms with E-state index in [4.69, 9.17) is 15.3 Å². The summed E-state index contributed by atoms with van der Waals surface area (Å²) in [5.74, 6) is -0.990. The fraction of sp³-hybridized carbons (Fsp3) is 0.833. The zero-order valence-electron chi connectivity index (χ0n) is 5.90. The summed E-state index contributed by atoms with van der Waals surface area (Å²) in [5.41, 5.74) is 0. The van der Waals surface area contributed by atoms with E-state index in [1.54, 1.807) is 0 Å². The second-order valence-electron chi connectivity index (χ2n) is 2.67. The van der Waals surface area contributed by atoms with Gasteiger partial charge in [-0.1, -0.05) is 0 Å². The molecule has 11 heavy (non-hydrogen) atoms. The van der Waals surface area contributed by atoms with Crippen molar-refractivity contribution >= 4 is 5.97 Å². The van der Waals surface area contributed by atoms with Gasteiger partial charge in [0.2, 0.25) is 0 Å². The molecule has 1 aliphatic heterocycles. The Morgan fingerprint density at radius 1 is 1.36 bits per heavy atom. The molecule has 64 valence electrons. The van der Waals surface area contributed by atoms with Gasteiger partial charge in [-0.2, -0.15) is 0 Å². The second-order valence-corrected chi connectivity index (χ2v) is 2.67. The molecule has 1 saturated heterocycles. The van der Waals surface area contributed by atoms with Crippen LogP contribution in [0.3, 0.4) is 0 Å². The van der Waals surface area contributed by atoms with E-state index in [1.807, 2.05) is 0 Å². The van der Waals surface area contributed by atoms with Gasteiger partial charge in [-0.15, -0.1) is 0 Å². The Bertz CT molecular complexity index is 161. The van der Waals surface area contributed by atoms with Gasteiger partial charge in [0.25, 0.3) is 0 Å². The summed E-state index contributed by atoms with van der Waals surface area (Å²) in [7, 11) is 0. The fourth-order valence-electron chi connectivity index (χ4n) is 1.07. The third kappa shape index (κ3) is 1.89. The molecule has 0 saturated carbocycles. The second kappa shape index (κ2) is 3.17. The first-order valence-corrected chi connectivity index (χ1v) is 3.43. The molecule has 0 spiro atoms.